The summed E-state index contributed by atoms with van der Waals surface area (Å²) in [4.78, 5) is 33.9. The standard InChI is InChI=1S/C21H23N3O3/c1-13(2)21(3)20(26)23-18(24-21)17-16(19(25)27-4)11-10-15(22-17)12-14-8-6-5-7-9-14/h5-11,13H,12H2,1-4H3,(H,23,24,26). The minimum absolute atomic E-state index is 0.00378. The van der Waals surface area contributed by atoms with E-state index in [2.05, 4.69) is 15.3 Å². The molecule has 1 aromatic heterocycles. The Morgan fingerprint density at radius 3 is 2.48 bits per heavy atom. The summed E-state index contributed by atoms with van der Waals surface area (Å²) in [7, 11) is 1.32. The molecule has 1 atom stereocenters. The van der Waals surface area contributed by atoms with Gasteiger partial charge in [0.15, 0.2) is 5.84 Å². The van der Waals surface area contributed by atoms with E-state index in [1.54, 1.807) is 19.1 Å². The Labute approximate surface area is 158 Å². The highest BCUT2D eigenvalue weighted by Crippen LogP contribution is 2.27. The number of amides is 1. The van der Waals surface area contributed by atoms with Gasteiger partial charge in [-0.2, -0.15) is 0 Å². The normalized spacial score (nSPS) is 19.0. The van der Waals surface area contributed by atoms with Crippen LogP contribution in [0.15, 0.2) is 47.5 Å². The number of hydrogen-bond acceptors (Lipinski definition) is 5. The van der Waals surface area contributed by atoms with Crippen LogP contribution in [-0.2, 0) is 16.0 Å². The van der Waals surface area contributed by atoms with Crippen LogP contribution in [0.2, 0.25) is 0 Å². The topological polar surface area (TPSA) is 80.7 Å². The van der Waals surface area contributed by atoms with Crippen molar-refractivity contribution < 1.29 is 14.3 Å². The number of amidine groups is 1. The number of carbonyl (C=O) groups excluding carboxylic acids is 2. The van der Waals surface area contributed by atoms with Gasteiger partial charge >= 0.3 is 5.97 Å². The second-order valence-electron chi connectivity index (χ2n) is 7.07. The van der Waals surface area contributed by atoms with Crippen LogP contribution in [0.25, 0.3) is 0 Å². The number of rotatable bonds is 5. The molecule has 0 spiro atoms. The largest absolute Gasteiger partial charge is 0.465 e. The molecule has 1 N–H and O–H groups in total. The van der Waals surface area contributed by atoms with Crippen LogP contribution in [0.5, 0.6) is 0 Å². The van der Waals surface area contributed by atoms with Crippen LogP contribution in [0.3, 0.4) is 0 Å². The third kappa shape index (κ3) is 3.60. The number of benzene rings is 1. The van der Waals surface area contributed by atoms with E-state index in [1.807, 2.05) is 44.2 Å². The van der Waals surface area contributed by atoms with E-state index in [0.717, 1.165) is 11.3 Å². The summed E-state index contributed by atoms with van der Waals surface area (Å²) in [6.45, 7) is 5.66. The maximum Gasteiger partial charge on any atom is 0.340 e. The average Bonchev–Trinajstić information content (AvgIpc) is 2.98. The van der Waals surface area contributed by atoms with Crippen molar-refractivity contribution in [1.82, 2.24) is 10.3 Å². The molecule has 0 fully saturated rings. The summed E-state index contributed by atoms with van der Waals surface area (Å²) in [5.74, 6) is -0.395. The molecule has 6 nitrogen and oxygen atoms in total. The molecule has 1 unspecified atom stereocenters. The summed E-state index contributed by atoms with van der Waals surface area (Å²) in [5, 5.41) is 2.79. The maximum absolute atomic E-state index is 12.5. The van der Waals surface area contributed by atoms with Crippen molar-refractivity contribution in [2.45, 2.75) is 32.7 Å². The summed E-state index contributed by atoms with van der Waals surface area (Å²) < 4.78 is 4.87. The Morgan fingerprint density at radius 2 is 1.89 bits per heavy atom. The number of nitrogens with one attached hydrogen (secondary N) is 1. The van der Waals surface area contributed by atoms with Gasteiger partial charge in [-0.3, -0.25) is 4.79 Å². The quantitative estimate of drug-likeness (QED) is 0.826. The molecule has 6 heteroatoms. The molecule has 27 heavy (non-hydrogen) atoms. The molecule has 1 aliphatic rings. The molecule has 140 valence electrons. The van der Waals surface area contributed by atoms with Gasteiger partial charge in [-0.1, -0.05) is 44.2 Å². The SMILES string of the molecule is COC(=O)c1ccc(Cc2ccccc2)nc1C1=NC(C)(C(C)C)C(=O)N1. The van der Waals surface area contributed by atoms with Gasteiger partial charge in [-0.05, 0) is 30.5 Å². The van der Waals surface area contributed by atoms with Gasteiger partial charge in [0.1, 0.15) is 11.2 Å². The van der Waals surface area contributed by atoms with Crippen LogP contribution in [0.1, 0.15) is 48.1 Å². The maximum atomic E-state index is 12.5. The molecule has 1 aliphatic heterocycles. The predicted molar refractivity (Wildman–Crippen MR) is 103 cm³/mol. The minimum atomic E-state index is -0.889. The van der Waals surface area contributed by atoms with Crippen molar-refractivity contribution in [3.05, 3.63) is 65.0 Å². The van der Waals surface area contributed by atoms with Crippen LogP contribution >= 0.6 is 0 Å². The highest BCUT2D eigenvalue weighted by atomic mass is 16.5. The third-order valence-corrected chi connectivity index (χ3v) is 4.97. The Bertz CT molecular complexity index is 906. The second-order valence-corrected chi connectivity index (χ2v) is 7.07. The van der Waals surface area contributed by atoms with E-state index in [4.69, 9.17) is 4.74 Å². The lowest BCUT2D eigenvalue weighted by Gasteiger charge is -2.21. The van der Waals surface area contributed by atoms with E-state index in [9.17, 15) is 9.59 Å². The van der Waals surface area contributed by atoms with Crippen molar-refractivity contribution in [1.29, 1.82) is 0 Å². The van der Waals surface area contributed by atoms with Crippen LogP contribution < -0.4 is 5.32 Å². The van der Waals surface area contributed by atoms with E-state index in [1.165, 1.54) is 7.11 Å². The Balaban J connectivity index is 2.05. The van der Waals surface area contributed by atoms with Gasteiger partial charge in [-0.15, -0.1) is 0 Å². The molecule has 0 saturated carbocycles. The molecule has 3 rings (SSSR count). The molecular formula is C21H23N3O3. The number of carbonyl (C=O) groups is 2. The average molecular weight is 365 g/mol. The molecule has 2 heterocycles. The van der Waals surface area contributed by atoms with Crippen LogP contribution in [-0.4, -0.2) is 35.3 Å². The Morgan fingerprint density at radius 1 is 1.19 bits per heavy atom. The third-order valence-electron chi connectivity index (χ3n) is 4.97. The highest BCUT2D eigenvalue weighted by molar-refractivity contribution is 6.17. The molecule has 0 bridgehead atoms. The number of methoxy groups -OCH3 is 1. The zero-order valence-corrected chi connectivity index (χ0v) is 15.9. The molecule has 1 aromatic carbocycles. The second kappa shape index (κ2) is 7.31. The molecular weight excluding hydrogens is 342 g/mol. The van der Waals surface area contributed by atoms with Gasteiger partial charge in [0.2, 0.25) is 0 Å². The fraction of sp³-hybridized carbons (Fsp3) is 0.333. The number of aliphatic imine (C=N–C) groups is 1. The van der Waals surface area contributed by atoms with Crippen molar-refractivity contribution >= 4 is 17.7 Å². The molecule has 0 saturated heterocycles. The van der Waals surface area contributed by atoms with Crippen LogP contribution in [0.4, 0.5) is 0 Å². The summed E-state index contributed by atoms with van der Waals surface area (Å²) >= 11 is 0. The zero-order chi connectivity index (χ0) is 19.6. The molecule has 0 radical (unpaired) electrons. The first-order valence-electron chi connectivity index (χ1n) is 8.89. The van der Waals surface area contributed by atoms with Crippen molar-refractivity contribution in [2.24, 2.45) is 10.9 Å². The molecule has 2 aromatic rings. The number of ether oxygens (including phenoxy) is 1. The first kappa shape index (κ1) is 18.8. The summed E-state index contributed by atoms with van der Waals surface area (Å²) in [6.07, 6.45) is 0.609. The minimum Gasteiger partial charge on any atom is -0.465 e. The highest BCUT2D eigenvalue weighted by Gasteiger charge is 2.43. The number of esters is 1. The van der Waals surface area contributed by atoms with Gasteiger partial charge in [0, 0.05) is 12.1 Å². The van der Waals surface area contributed by atoms with Crippen LogP contribution in [0, 0.1) is 5.92 Å². The van der Waals surface area contributed by atoms with Gasteiger partial charge in [0.05, 0.1) is 12.7 Å². The van der Waals surface area contributed by atoms with Crippen molar-refractivity contribution in [3.63, 3.8) is 0 Å². The number of nitrogens with zero attached hydrogens (tertiary/aromatic N) is 2. The summed E-state index contributed by atoms with van der Waals surface area (Å²) in [5.41, 5.74) is 1.61. The van der Waals surface area contributed by atoms with E-state index in [-0.39, 0.29) is 17.4 Å². The van der Waals surface area contributed by atoms with Gasteiger partial charge in [-0.25, -0.2) is 14.8 Å². The number of pyridine rings is 1. The van der Waals surface area contributed by atoms with Crippen molar-refractivity contribution in [2.75, 3.05) is 7.11 Å². The van der Waals surface area contributed by atoms with Crippen molar-refractivity contribution in [3.8, 4) is 0 Å². The number of hydrogen-bond donors (Lipinski definition) is 1. The number of aromatic nitrogens is 1. The zero-order valence-electron chi connectivity index (χ0n) is 15.9. The Kier molecular flexibility index (Phi) is 5.08. The smallest absolute Gasteiger partial charge is 0.340 e. The first-order chi connectivity index (χ1) is 12.8. The van der Waals surface area contributed by atoms with E-state index >= 15 is 0 Å². The lowest BCUT2D eigenvalue weighted by Crippen LogP contribution is -2.41. The fourth-order valence-corrected chi connectivity index (χ4v) is 2.91. The molecule has 0 aliphatic carbocycles. The molecule has 1 amide bonds. The van der Waals surface area contributed by atoms with E-state index < -0.39 is 11.5 Å². The monoisotopic (exact) mass is 365 g/mol. The van der Waals surface area contributed by atoms with Gasteiger partial charge < -0.3 is 10.1 Å². The Hall–Kier alpha value is -3.02. The summed E-state index contributed by atoms with van der Waals surface area (Å²) in [6, 6.07) is 13.4. The lowest BCUT2D eigenvalue weighted by molar-refractivity contribution is -0.124. The van der Waals surface area contributed by atoms with E-state index in [0.29, 0.717) is 18.0 Å². The lowest BCUT2D eigenvalue weighted by atomic mass is 9.89. The first-order valence-corrected chi connectivity index (χ1v) is 8.89. The van der Waals surface area contributed by atoms with Gasteiger partial charge in [0.25, 0.3) is 5.91 Å². The fourth-order valence-electron chi connectivity index (χ4n) is 2.91. The predicted octanol–water partition coefficient (Wildman–Crippen LogP) is 2.75.